The van der Waals surface area contributed by atoms with E-state index in [1.165, 1.54) is 0 Å². The van der Waals surface area contributed by atoms with Crippen LogP contribution in [0.2, 0.25) is 10.0 Å². The average Bonchev–Trinajstić information content (AvgIpc) is 3.11. The summed E-state index contributed by atoms with van der Waals surface area (Å²) in [6.45, 7) is 1.77. The van der Waals surface area contributed by atoms with Crippen LogP contribution in [0.5, 0.6) is 0 Å². The van der Waals surface area contributed by atoms with Gasteiger partial charge in [0.15, 0.2) is 11.7 Å². The van der Waals surface area contributed by atoms with Gasteiger partial charge in [-0.2, -0.15) is 13.2 Å². The van der Waals surface area contributed by atoms with Crippen LogP contribution in [0.1, 0.15) is 23.1 Å². The summed E-state index contributed by atoms with van der Waals surface area (Å²) in [7, 11) is 0. The molecule has 0 aromatic heterocycles. The van der Waals surface area contributed by atoms with Gasteiger partial charge in [-0.15, -0.1) is 0 Å². The molecule has 1 aliphatic rings. The van der Waals surface area contributed by atoms with E-state index in [0.717, 1.165) is 17.7 Å². The molecule has 1 amide bonds. The Balaban J connectivity index is 1.87. The first-order valence-corrected chi connectivity index (χ1v) is 9.48. The molecule has 1 aliphatic heterocycles. The number of amidine groups is 1. The molecule has 0 bridgehead atoms. The van der Waals surface area contributed by atoms with Gasteiger partial charge in [0.05, 0.1) is 16.5 Å². The van der Waals surface area contributed by atoms with E-state index < -0.39 is 45.7 Å². The minimum Gasteiger partial charge on any atom is -0.465 e. The number of carboxylic acid groups (broad SMARTS) is 1. The molecule has 1 unspecified atom stereocenters. The topological polar surface area (TPSA) is 83.0 Å². The van der Waals surface area contributed by atoms with Gasteiger partial charge in [-0.1, -0.05) is 34.4 Å². The Morgan fingerprint density at radius 3 is 2.48 bits per heavy atom. The van der Waals surface area contributed by atoms with Crippen molar-refractivity contribution in [2.75, 3.05) is 5.32 Å². The molecular weight excluding hydrogens is 465 g/mol. The van der Waals surface area contributed by atoms with Crippen LogP contribution in [0.25, 0.3) is 0 Å². The number of anilines is 1. The minimum atomic E-state index is -4.92. The van der Waals surface area contributed by atoms with Crippen molar-refractivity contribution in [3.05, 3.63) is 62.9 Å². The van der Waals surface area contributed by atoms with Crippen LogP contribution in [0.4, 0.5) is 28.0 Å². The molecular formula is C19H15Cl2F4N3O3. The van der Waals surface area contributed by atoms with Crippen LogP contribution in [0, 0.1) is 12.7 Å². The van der Waals surface area contributed by atoms with Crippen molar-refractivity contribution in [3.8, 4) is 0 Å². The molecule has 1 atom stereocenters. The third-order valence-corrected chi connectivity index (χ3v) is 5.25. The third-order valence-electron chi connectivity index (χ3n) is 4.70. The first-order valence-electron chi connectivity index (χ1n) is 8.73. The molecule has 1 heterocycles. The Morgan fingerprint density at radius 2 is 1.90 bits per heavy atom. The number of hydrogen-bond donors (Lipinski definition) is 3. The molecule has 6 nitrogen and oxygen atoms in total. The van der Waals surface area contributed by atoms with E-state index in [-0.39, 0.29) is 12.4 Å². The van der Waals surface area contributed by atoms with Gasteiger partial charge in [0.1, 0.15) is 0 Å². The molecule has 31 heavy (non-hydrogen) atoms. The molecule has 0 aliphatic carbocycles. The molecule has 166 valence electrons. The molecule has 0 fully saturated rings. The summed E-state index contributed by atoms with van der Waals surface area (Å²) < 4.78 is 55.7. The number of alkyl halides is 3. The van der Waals surface area contributed by atoms with E-state index in [9.17, 15) is 22.4 Å². The summed E-state index contributed by atoms with van der Waals surface area (Å²) in [6.07, 6.45) is -6.88. The van der Waals surface area contributed by atoms with Crippen LogP contribution >= 0.6 is 23.2 Å². The number of halogens is 6. The van der Waals surface area contributed by atoms with E-state index in [2.05, 4.69) is 15.8 Å². The number of hydrogen-bond acceptors (Lipinski definition) is 4. The van der Waals surface area contributed by atoms with Crippen molar-refractivity contribution in [3.63, 3.8) is 0 Å². The highest BCUT2D eigenvalue weighted by Gasteiger charge is 2.62. The maximum absolute atomic E-state index is 14.0. The highest BCUT2D eigenvalue weighted by molar-refractivity contribution is 6.35. The van der Waals surface area contributed by atoms with Crippen molar-refractivity contribution < 1.29 is 32.3 Å². The Hall–Kier alpha value is -2.72. The van der Waals surface area contributed by atoms with Gasteiger partial charge < -0.3 is 20.6 Å². The van der Waals surface area contributed by atoms with Gasteiger partial charge in [0.25, 0.3) is 5.60 Å². The molecule has 2 aromatic rings. The van der Waals surface area contributed by atoms with Crippen LogP contribution in [-0.4, -0.2) is 23.2 Å². The highest BCUT2D eigenvalue weighted by atomic mass is 35.5. The number of nitrogens with zero attached hydrogens (tertiary/aromatic N) is 1. The molecule has 2 aromatic carbocycles. The lowest BCUT2D eigenvalue weighted by molar-refractivity contribution is -0.275. The number of benzene rings is 2. The van der Waals surface area contributed by atoms with Crippen molar-refractivity contribution >= 4 is 40.8 Å². The zero-order valence-electron chi connectivity index (χ0n) is 15.8. The normalized spacial score (nSPS) is 18.4. The average molecular weight is 480 g/mol. The number of aryl methyl sites for hydroxylation is 1. The summed E-state index contributed by atoms with van der Waals surface area (Å²) in [5.41, 5.74) is -1.62. The van der Waals surface area contributed by atoms with Gasteiger partial charge in [0.2, 0.25) is 0 Å². The van der Waals surface area contributed by atoms with Crippen molar-refractivity contribution in [1.29, 1.82) is 0 Å². The number of amides is 1. The third kappa shape index (κ3) is 4.64. The van der Waals surface area contributed by atoms with Crippen LogP contribution < -0.4 is 10.6 Å². The Kier molecular flexibility index (Phi) is 6.24. The van der Waals surface area contributed by atoms with E-state index in [1.54, 1.807) is 25.1 Å². The fraction of sp³-hybridized carbons (Fsp3) is 0.263. The molecule has 0 spiro atoms. The first-order chi connectivity index (χ1) is 14.4. The maximum Gasteiger partial charge on any atom is 0.435 e. The van der Waals surface area contributed by atoms with Gasteiger partial charge in [-0.25, -0.2) is 9.18 Å². The van der Waals surface area contributed by atoms with Crippen LogP contribution in [-0.2, 0) is 17.0 Å². The standard InChI is InChI=1S/C19H15Cl2F4N3O3/c1-9-2-3-12(4-10(9)8-26-17(29)30)27-15-7-18(31-28-15,19(23,24)25)11-5-13(20)16(22)14(21)6-11/h2-6,26H,7-8H2,1H3,(H,27,28)(H,29,30). The second kappa shape index (κ2) is 8.43. The van der Waals surface area contributed by atoms with Crippen molar-refractivity contribution in [1.82, 2.24) is 5.32 Å². The lowest BCUT2D eigenvalue weighted by atomic mass is 9.89. The summed E-state index contributed by atoms with van der Waals surface area (Å²) in [6, 6.07) is 6.45. The summed E-state index contributed by atoms with van der Waals surface area (Å²) in [4.78, 5) is 15.5. The van der Waals surface area contributed by atoms with E-state index in [1.807, 2.05) is 0 Å². The number of carbonyl (C=O) groups is 1. The van der Waals surface area contributed by atoms with Gasteiger partial charge in [-0.05, 0) is 42.3 Å². The van der Waals surface area contributed by atoms with Crippen molar-refractivity contribution in [2.24, 2.45) is 5.16 Å². The number of nitrogens with one attached hydrogen (secondary N) is 2. The summed E-state index contributed by atoms with van der Waals surface area (Å²) in [5, 5.41) is 16.1. The molecule has 3 rings (SSSR count). The fourth-order valence-corrected chi connectivity index (χ4v) is 3.52. The second-order valence-electron chi connectivity index (χ2n) is 6.81. The molecule has 3 N–H and O–H groups in total. The fourth-order valence-electron chi connectivity index (χ4n) is 3.04. The highest BCUT2D eigenvalue weighted by Crippen LogP contribution is 2.49. The SMILES string of the molecule is Cc1ccc(NC2=NOC(c3cc(Cl)c(F)c(Cl)c3)(C(F)(F)F)C2)cc1CNC(=O)O. The van der Waals surface area contributed by atoms with Crippen LogP contribution in [0.3, 0.4) is 0 Å². The zero-order chi connectivity index (χ0) is 23.0. The quantitative estimate of drug-likeness (QED) is 0.381. The molecule has 0 saturated carbocycles. The zero-order valence-corrected chi connectivity index (χ0v) is 17.3. The predicted octanol–water partition coefficient (Wildman–Crippen LogP) is 5.81. The lowest BCUT2D eigenvalue weighted by Crippen LogP contribution is -2.43. The van der Waals surface area contributed by atoms with E-state index >= 15 is 0 Å². The monoisotopic (exact) mass is 479 g/mol. The van der Waals surface area contributed by atoms with E-state index in [0.29, 0.717) is 11.3 Å². The van der Waals surface area contributed by atoms with Crippen LogP contribution in [0.15, 0.2) is 35.5 Å². The van der Waals surface area contributed by atoms with Crippen molar-refractivity contribution in [2.45, 2.75) is 31.7 Å². The first kappa shape index (κ1) is 23.0. The van der Waals surface area contributed by atoms with Gasteiger partial charge in [0, 0.05) is 17.8 Å². The van der Waals surface area contributed by atoms with E-state index in [4.69, 9.17) is 33.1 Å². The molecule has 0 saturated heterocycles. The Labute approximate surface area is 183 Å². The molecule has 12 heteroatoms. The number of oxime groups is 1. The van der Waals surface area contributed by atoms with Gasteiger partial charge >= 0.3 is 12.3 Å². The number of rotatable bonds is 4. The maximum atomic E-state index is 14.0. The lowest BCUT2D eigenvalue weighted by Gasteiger charge is -2.29. The summed E-state index contributed by atoms with van der Waals surface area (Å²) in [5.74, 6) is -1.18. The summed E-state index contributed by atoms with van der Waals surface area (Å²) >= 11 is 11.4. The molecule has 0 radical (unpaired) electrons. The van der Waals surface area contributed by atoms with Gasteiger partial charge in [-0.3, -0.25) is 0 Å². The predicted molar refractivity (Wildman–Crippen MR) is 107 cm³/mol. The minimum absolute atomic E-state index is 0.0126. The Bertz CT molecular complexity index is 1040. The smallest absolute Gasteiger partial charge is 0.435 e. The second-order valence-corrected chi connectivity index (χ2v) is 7.62. The largest absolute Gasteiger partial charge is 0.465 e. The Morgan fingerprint density at radius 1 is 1.26 bits per heavy atom.